The molecule has 0 N–H and O–H groups in total. The van der Waals surface area contributed by atoms with Crippen molar-refractivity contribution in [2.45, 2.75) is 19.8 Å². The second kappa shape index (κ2) is 8.35. The standard InChI is InChI=1S/C13H14BrNO6/c1-2-20-13(17)6-4-10(16)8-21-12-7-9(15(18)19)3-5-11(12)14/h3,5,7H,2,4,6,8H2,1H3. The highest BCUT2D eigenvalue weighted by Crippen LogP contribution is 2.29. The number of ether oxygens (including phenoxy) is 2. The fourth-order valence-electron chi connectivity index (χ4n) is 1.42. The zero-order valence-corrected chi connectivity index (χ0v) is 12.9. The van der Waals surface area contributed by atoms with E-state index in [4.69, 9.17) is 9.47 Å². The first-order valence-corrected chi connectivity index (χ1v) is 6.97. The molecule has 1 rings (SSSR count). The molecule has 0 spiro atoms. The Kier molecular flexibility index (Phi) is 6.80. The van der Waals surface area contributed by atoms with Gasteiger partial charge in [-0.2, -0.15) is 0 Å². The van der Waals surface area contributed by atoms with Gasteiger partial charge in [-0.05, 0) is 28.9 Å². The molecule has 0 bridgehead atoms. The van der Waals surface area contributed by atoms with E-state index < -0.39 is 10.9 Å². The monoisotopic (exact) mass is 359 g/mol. The lowest BCUT2D eigenvalue weighted by Crippen LogP contribution is -2.14. The molecule has 7 nitrogen and oxygen atoms in total. The van der Waals surface area contributed by atoms with Crippen LogP contribution in [0.2, 0.25) is 0 Å². The van der Waals surface area contributed by atoms with Crippen LogP contribution in [0.3, 0.4) is 0 Å². The molecule has 21 heavy (non-hydrogen) atoms. The van der Waals surface area contributed by atoms with Gasteiger partial charge in [-0.1, -0.05) is 0 Å². The Bertz CT molecular complexity index is 545. The van der Waals surface area contributed by atoms with E-state index in [0.717, 1.165) is 0 Å². The Labute approximate surface area is 129 Å². The predicted octanol–water partition coefficient (Wildman–Crippen LogP) is 2.65. The molecule has 0 aliphatic heterocycles. The number of esters is 1. The molecule has 8 heteroatoms. The molecule has 0 saturated carbocycles. The zero-order valence-electron chi connectivity index (χ0n) is 11.3. The van der Waals surface area contributed by atoms with Gasteiger partial charge in [-0.15, -0.1) is 0 Å². The number of benzene rings is 1. The zero-order chi connectivity index (χ0) is 15.8. The fourth-order valence-corrected chi connectivity index (χ4v) is 1.78. The molecule has 0 atom stereocenters. The highest BCUT2D eigenvalue weighted by molar-refractivity contribution is 9.10. The Morgan fingerprint density at radius 1 is 1.33 bits per heavy atom. The molecule has 114 valence electrons. The summed E-state index contributed by atoms with van der Waals surface area (Å²) in [6.07, 6.45) is -0.00246. The first-order chi connectivity index (χ1) is 9.93. The van der Waals surface area contributed by atoms with E-state index in [1.165, 1.54) is 18.2 Å². The Hall–Kier alpha value is -1.96. The van der Waals surface area contributed by atoms with Gasteiger partial charge in [0, 0.05) is 12.5 Å². The van der Waals surface area contributed by atoms with Gasteiger partial charge in [-0.3, -0.25) is 19.7 Å². The van der Waals surface area contributed by atoms with Crippen LogP contribution in [0, 0.1) is 10.1 Å². The van der Waals surface area contributed by atoms with Crippen molar-refractivity contribution in [3.63, 3.8) is 0 Å². The molecule has 1 aromatic rings. The molecule has 0 saturated heterocycles. The predicted molar refractivity (Wildman–Crippen MR) is 77.2 cm³/mol. The van der Waals surface area contributed by atoms with Crippen LogP contribution in [0.5, 0.6) is 5.75 Å². The van der Waals surface area contributed by atoms with Gasteiger partial charge in [0.15, 0.2) is 5.78 Å². The van der Waals surface area contributed by atoms with Crippen molar-refractivity contribution in [2.75, 3.05) is 13.2 Å². The maximum absolute atomic E-state index is 11.6. The molecule has 0 aromatic heterocycles. The van der Waals surface area contributed by atoms with Crippen molar-refractivity contribution in [3.8, 4) is 5.75 Å². The van der Waals surface area contributed by atoms with Crippen LogP contribution in [0.25, 0.3) is 0 Å². The minimum atomic E-state index is -0.554. The van der Waals surface area contributed by atoms with E-state index in [-0.39, 0.29) is 43.3 Å². The number of carbonyl (C=O) groups is 2. The summed E-state index contributed by atoms with van der Waals surface area (Å²) in [5, 5.41) is 10.7. The van der Waals surface area contributed by atoms with Crippen molar-refractivity contribution < 1.29 is 24.0 Å². The van der Waals surface area contributed by atoms with E-state index in [0.29, 0.717) is 4.47 Å². The third-order valence-corrected chi connectivity index (χ3v) is 3.08. The van der Waals surface area contributed by atoms with Crippen LogP contribution in [0.1, 0.15) is 19.8 Å². The molecule has 0 aliphatic rings. The number of halogens is 1. The van der Waals surface area contributed by atoms with Crippen LogP contribution in [0.15, 0.2) is 22.7 Å². The first-order valence-electron chi connectivity index (χ1n) is 6.18. The SMILES string of the molecule is CCOC(=O)CCC(=O)COc1cc([N+](=O)[O-])ccc1Br. The largest absolute Gasteiger partial charge is 0.484 e. The number of nitro groups is 1. The Morgan fingerprint density at radius 2 is 2.05 bits per heavy atom. The molecule has 0 unspecified atom stereocenters. The highest BCUT2D eigenvalue weighted by Gasteiger charge is 2.13. The van der Waals surface area contributed by atoms with Crippen LogP contribution in [0.4, 0.5) is 5.69 Å². The van der Waals surface area contributed by atoms with Gasteiger partial charge in [0.1, 0.15) is 12.4 Å². The number of hydrogen-bond donors (Lipinski definition) is 0. The molecular weight excluding hydrogens is 346 g/mol. The number of nitro benzene ring substituents is 1. The van der Waals surface area contributed by atoms with Crippen molar-refractivity contribution in [1.29, 1.82) is 0 Å². The lowest BCUT2D eigenvalue weighted by molar-refractivity contribution is -0.385. The molecule has 1 aromatic carbocycles. The van der Waals surface area contributed by atoms with Crippen molar-refractivity contribution in [1.82, 2.24) is 0 Å². The number of hydrogen-bond acceptors (Lipinski definition) is 6. The second-order valence-corrected chi connectivity index (χ2v) is 4.86. The highest BCUT2D eigenvalue weighted by atomic mass is 79.9. The average Bonchev–Trinajstić information content (AvgIpc) is 2.44. The smallest absolute Gasteiger partial charge is 0.306 e. The van der Waals surface area contributed by atoms with Crippen molar-refractivity contribution in [3.05, 3.63) is 32.8 Å². The molecule has 0 amide bonds. The van der Waals surface area contributed by atoms with E-state index in [2.05, 4.69) is 15.9 Å². The molecule has 0 radical (unpaired) electrons. The summed E-state index contributed by atoms with van der Waals surface area (Å²) in [5.74, 6) is -0.530. The van der Waals surface area contributed by atoms with Crippen molar-refractivity contribution in [2.24, 2.45) is 0 Å². The van der Waals surface area contributed by atoms with Crippen LogP contribution in [-0.4, -0.2) is 29.9 Å². The summed E-state index contributed by atoms with van der Waals surface area (Å²) in [6, 6.07) is 4.01. The summed E-state index contributed by atoms with van der Waals surface area (Å²) in [7, 11) is 0. The van der Waals surface area contributed by atoms with E-state index in [1.807, 2.05) is 0 Å². The van der Waals surface area contributed by atoms with E-state index in [9.17, 15) is 19.7 Å². The number of carbonyl (C=O) groups excluding carboxylic acids is 2. The number of nitrogens with zero attached hydrogens (tertiary/aromatic N) is 1. The molecule has 0 heterocycles. The van der Waals surface area contributed by atoms with E-state index >= 15 is 0 Å². The number of Topliss-reactive ketones (excluding diaryl/α,β-unsaturated/α-hetero) is 1. The molecule has 0 aliphatic carbocycles. The van der Waals surface area contributed by atoms with Crippen LogP contribution >= 0.6 is 15.9 Å². The summed E-state index contributed by atoms with van der Waals surface area (Å²) in [5.41, 5.74) is -0.132. The number of non-ortho nitro benzene ring substituents is 1. The molecular formula is C13H14BrNO6. The second-order valence-electron chi connectivity index (χ2n) is 4.00. The lowest BCUT2D eigenvalue weighted by atomic mass is 10.2. The van der Waals surface area contributed by atoms with Crippen LogP contribution < -0.4 is 4.74 Å². The quantitative estimate of drug-likeness (QED) is 0.402. The van der Waals surface area contributed by atoms with E-state index in [1.54, 1.807) is 6.92 Å². The maximum atomic E-state index is 11.6. The van der Waals surface area contributed by atoms with Gasteiger partial charge in [-0.25, -0.2) is 0 Å². The van der Waals surface area contributed by atoms with Gasteiger partial charge in [0.2, 0.25) is 0 Å². The van der Waals surface area contributed by atoms with Crippen LogP contribution in [-0.2, 0) is 14.3 Å². The number of rotatable bonds is 8. The van der Waals surface area contributed by atoms with Gasteiger partial charge >= 0.3 is 5.97 Å². The fraction of sp³-hybridized carbons (Fsp3) is 0.385. The third-order valence-electron chi connectivity index (χ3n) is 2.43. The third kappa shape index (κ3) is 5.90. The average molecular weight is 360 g/mol. The minimum Gasteiger partial charge on any atom is -0.484 e. The first kappa shape index (κ1) is 17.1. The topological polar surface area (TPSA) is 95.7 Å². The lowest BCUT2D eigenvalue weighted by Gasteiger charge is -2.07. The van der Waals surface area contributed by atoms with Gasteiger partial charge in [0.05, 0.1) is 28.5 Å². The van der Waals surface area contributed by atoms with Gasteiger partial charge in [0.25, 0.3) is 5.69 Å². The normalized spacial score (nSPS) is 10.0. The minimum absolute atomic E-state index is 0.00534. The Morgan fingerprint density at radius 3 is 2.67 bits per heavy atom. The maximum Gasteiger partial charge on any atom is 0.306 e. The summed E-state index contributed by atoms with van der Waals surface area (Å²) < 4.78 is 10.4. The summed E-state index contributed by atoms with van der Waals surface area (Å²) in [6.45, 7) is 1.69. The number of ketones is 1. The van der Waals surface area contributed by atoms with Gasteiger partial charge < -0.3 is 9.47 Å². The molecule has 0 fully saturated rings. The van der Waals surface area contributed by atoms with Crippen molar-refractivity contribution >= 4 is 33.4 Å². The summed E-state index contributed by atoms with van der Waals surface area (Å²) >= 11 is 3.18. The summed E-state index contributed by atoms with van der Waals surface area (Å²) in [4.78, 5) is 32.8. The Balaban J connectivity index is 2.51.